The lowest BCUT2D eigenvalue weighted by atomic mass is 10.1. The summed E-state index contributed by atoms with van der Waals surface area (Å²) in [5.41, 5.74) is -0.157. The number of rotatable bonds is 9. The highest BCUT2D eigenvalue weighted by Crippen LogP contribution is 2.34. The van der Waals surface area contributed by atoms with E-state index in [2.05, 4.69) is 30.3 Å². The Kier molecular flexibility index (Phi) is 9.17. The Balaban J connectivity index is 1.33. The second-order valence-corrected chi connectivity index (χ2v) is 12.6. The fraction of sp³-hybridized carbons (Fsp3) is 0.345. The summed E-state index contributed by atoms with van der Waals surface area (Å²) in [6.45, 7) is -1.46. The van der Waals surface area contributed by atoms with Crippen LogP contribution in [-0.2, 0) is 16.2 Å². The number of piperidine rings is 1. The van der Waals surface area contributed by atoms with Gasteiger partial charge in [-0.15, -0.1) is 0 Å². The van der Waals surface area contributed by atoms with Gasteiger partial charge in [-0.3, -0.25) is 0 Å². The fourth-order valence-corrected chi connectivity index (χ4v) is 6.71. The van der Waals surface area contributed by atoms with Gasteiger partial charge < -0.3 is 20.3 Å². The minimum Gasteiger partial charge on any atom is -0.454 e. The van der Waals surface area contributed by atoms with Crippen molar-refractivity contribution in [3.05, 3.63) is 66.2 Å². The summed E-state index contributed by atoms with van der Waals surface area (Å²) in [5, 5.41) is 6.90. The molecular weight excluding hydrogens is 640 g/mol. The predicted octanol–water partition coefficient (Wildman–Crippen LogP) is 6.06. The maximum absolute atomic E-state index is 13.7. The lowest BCUT2D eigenvalue weighted by molar-refractivity contribution is -0.154. The zero-order valence-corrected chi connectivity index (χ0v) is 25.3. The molecule has 0 atom stereocenters. The van der Waals surface area contributed by atoms with Crippen LogP contribution in [-0.4, -0.2) is 73.7 Å². The largest absolute Gasteiger partial charge is 0.454 e. The van der Waals surface area contributed by atoms with Crippen molar-refractivity contribution in [2.45, 2.75) is 36.1 Å². The smallest absolute Gasteiger partial charge is 0.422 e. The van der Waals surface area contributed by atoms with Gasteiger partial charge >= 0.3 is 18.4 Å². The molecule has 0 bridgehead atoms. The molecule has 1 aliphatic heterocycles. The first-order chi connectivity index (χ1) is 21.6. The van der Waals surface area contributed by atoms with Crippen LogP contribution >= 0.6 is 0 Å². The number of hydrogen-bond donors (Lipinski definition) is 2. The van der Waals surface area contributed by atoms with E-state index in [-0.39, 0.29) is 35.6 Å². The van der Waals surface area contributed by atoms with Crippen molar-refractivity contribution >= 4 is 44.1 Å². The van der Waals surface area contributed by atoms with Gasteiger partial charge in [0.1, 0.15) is 0 Å². The summed E-state index contributed by atoms with van der Waals surface area (Å²) in [5.74, 6) is -0.560. The summed E-state index contributed by atoms with van der Waals surface area (Å²) in [6.07, 6.45) is -8.73. The normalized spacial score (nSPS) is 15.1. The molecule has 0 spiro atoms. The Labute approximate surface area is 260 Å². The lowest BCUT2D eigenvalue weighted by Crippen LogP contribution is -2.42. The molecule has 1 fully saturated rings. The van der Waals surface area contributed by atoms with Crippen molar-refractivity contribution < 1.29 is 39.5 Å². The van der Waals surface area contributed by atoms with Crippen molar-refractivity contribution in [2.75, 3.05) is 49.3 Å². The van der Waals surface area contributed by atoms with Crippen LogP contribution in [0, 0.1) is 0 Å². The molecule has 2 heterocycles. The standard InChI is InChI=1S/C29H29F6N7O3S/c1-41(2)23-10-4-9-22-21(23)8-5-11-24(22)46(43,44)42-14-12-19(13-15-42)36-25-38-26(40-27(39-25)45-17-28(30,31)32)37-20-7-3-6-18(16-20)29(33,34)35/h3-11,16,19H,12-15,17H2,1-2H3,(H2,36,37,38,39,40). The monoisotopic (exact) mass is 669 g/mol. The number of anilines is 4. The van der Waals surface area contributed by atoms with Gasteiger partial charge in [-0.25, -0.2) is 8.42 Å². The average Bonchev–Trinajstić information content (AvgIpc) is 2.99. The third-order valence-electron chi connectivity index (χ3n) is 7.17. The molecule has 2 N–H and O–H groups in total. The highest BCUT2D eigenvalue weighted by Gasteiger charge is 2.33. The van der Waals surface area contributed by atoms with Gasteiger partial charge in [0.15, 0.2) is 6.61 Å². The molecule has 5 rings (SSSR count). The lowest BCUT2D eigenvalue weighted by Gasteiger charge is -2.32. The number of nitrogens with one attached hydrogen (secondary N) is 2. The molecular formula is C29H29F6N7O3S. The van der Waals surface area contributed by atoms with Crippen LogP contribution in [0.5, 0.6) is 6.01 Å². The molecule has 0 saturated carbocycles. The number of aromatic nitrogens is 3. The number of benzene rings is 3. The van der Waals surface area contributed by atoms with Crippen LogP contribution in [0.1, 0.15) is 18.4 Å². The number of hydrogen-bond acceptors (Lipinski definition) is 9. The maximum Gasteiger partial charge on any atom is 0.422 e. The third-order valence-corrected chi connectivity index (χ3v) is 9.13. The molecule has 0 radical (unpaired) electrons. The summed E-state index contributed by atoms with van der Waals surface area (Å²) in [7, 11) is -0.140. The number of fused-ring (bicyclic) bond motifs is 1. The highest BCUT2D eigenvalue weighted by atomic mass is 32.2. The third kappa shape index (κ3) is 7.70. The van der Waals surface area contributed by atoms with Gasteiger partial charge in [0, 0.05) is 55.4 Å². The van der Waals surface area contributed by atoms with E-state index in [1.54, 1.807) is 24.3 Å². The van der Waals surface area contributed by atoms with E-state index in [4.69, 9.17) is 0 Å². The summed E-state index contributed by atoms with van der Waals surface area (Å²) in [6, 6.07) is 13.6. The number of alkyl halides is 6. The Hall–Kier alpha value is -4.38. The van der Waals surface area contributed by atoms with E-state index >= 15 is 0 Å². The first kappa shape index (κ1) is 33.0. The van der Waals surface area contributed by atoms with E-state index in [0.717, 1.165) is 29.3 Å². The van der Waals surface area contributed by atoms with Gasteiger partial charge in [0.25, 0.3) is 0 Å². The fourth-order valence-electron chi connectivity index (χ4n) is 5.03. The molecule has 10 nitrogen and oxygen atoms in total. The minimum atomic E-state index is -4.70. The van der Waals surface area contributed by atoms with Crippen LogP contribution in [0.4, 0.5) is 49.6 Å². The van der Waals surface area contributed by atoms with Gasteiger partial charge in [0.05, 0.1) is 10.5 Å². The molecule has 0 aliphatic carbocycles. The Bertz CT molecular complexity index is 1810. The van der Waals surface area contributed by atoms with E-state index in [9.17, 15) is 34.8 Å². The van der Waals surface area contributed by atoms with E-state index in [1.165, 1.54) is 10.4 Å². The SMILES string of the molecule is CN(C)c1cccc2c(S(=O)(=O)N3CCC(Nc4nc(Nc5cccc(C(F)(F)F)c5)nc(OCC(F)(F)F)n4)CC3)cccc12. The van der Waals surface area contributed by atoms with Crippen molar-refractivity contribution in [2.24, 2.45) is 0 Å². The Morgan fingerprint density at radius 3 is 2.22 bits per heavy atom. The quantitative estimate of drug-likeness (QED) is 0.206. The first-order valence-corrected chi connectivity index (χ1v) is 15.4. The second-order valence-electron chi connectivity index (χ2n) is 10.7. The molecule has 246 valence electrons. The number of halogens is 6. The molecule has 0 amide bonds. The Morgan fingerprint density at radius 1 is 0.891 bits per heavy atom. The van der Waals surface area contributed by atoms with Crippen molar-refractivity contribution in [3.8, 4) is 6.01 Å². The number of sulfonamides is 1. The molecule has 1 aromatic heterocycles. The van der Waals surface area contributed by atoms with E-state index in [0.29, 0.717) is 18.2 Å². The highest BCUT2D eigenvalue weighted by molar-refractivity contribution is 7.89. The van der Waals surface area contributed by atoms with Crippen molar-refractivity contribution in [3.63, 3.8) is 0 Å². The molecule has 1 aliphatic rings. The molecule has 1 saturated heterocycles. The molecule has 3 aromatic carbocycles. The van der Waals surface area contributed by atoms with E-state index < -0.39 is 46.6 Å². The van der Waals surface area contributed by atoms with Crippen molar-refractivity contribution in [1.29, 1.82) is 0 Å². The van der Waals surface area contributed by atoms with Gasteiger partial charge in [-0.05, 0) is 43.2 Å². The summed E-state index contributed by atoms with van der Waals surface area (Å²) < 4.78 is 111. The molecule has 4 aromatic rings. The van der Waals surface area contributed by atoms with Gasteiger partial charge in [0.2, 0.25) is 21.9 Å². The zero-order chi connectivity index (χ0) is 33.3. The van der Waals surface area contributed by atoms with Crippen LogP contribution < -0.4 is 20.3 Å². The van der Waals surface area contributed by atoms with E-state index in [1.807, 2.05) is 31.1 Å². The maximum atomic E-state index is 13.7. The first-order valence-electron chi connectivity index (χ1n) is 14.0. The second kappa shape index (κ2) is 12.8. The number of ether oxygens (including phenoxy) is 1. The Morgan fingerprint density at radius 2 is 1.54 bits per heavy atom. The summed E-state index contributed by atoms with van der Waals surface area (Å²) in [4.78, 5) is 13.8. The van der Waals surface area contributed by atoms with Crippen molar-refractivity contribution in [1.82, 2.24) is 19.3 Å². The van der Waals surface area contributed by atoms with Crippen LogP contribution in [0.2, 0.25) is 0 Å². The summed E-state index contributed by atoms with van der Waals surface area (Å²) >= 11 is 0. The zero-order valence-electron chi connectivity index (χ0n) is 24.5. The predicted molar refractivity (Wildman–Crippen MR) is 160 cm³/mol. The molecule has 46 heavy (non-hydrogen) atoms. The topological polar surface area (TPSA) is 113 Å². The molecule has 0 unspecified atom stereocenters. The van der Waals surface area contributed by atoms with Crippen LogP contribution in [0.15, 0.2) is 65.6 Å². The minimum absolute atomic E-state index is 0.0709. The number of nitrogens with zero attached hydrogens (tertiary/aromatic N) is 5. The van der Waals surface area contributed by atoms with Crippen LogP contribution in [0.25, 0.3) is 10.8 Å². The van der Waals surface area contributed by atoms with Gasteiger partial charge in [-0.1, -0.05) is 30.3 Å². The van der Waals surface area contributed by atoms with Gasteiger partial charge in [-0.2, -0.15) is 45.6 Å². The van der Waals surface area contributed by atoms with Crippen LogP contribution in [0.3, 0.4) is 0 Å². The molecule has 17 heteroatoms. The average molecular weight is 670 g/mol.